The van der Waals surface area contributed by atoms with Crippen molar-refractivity contribution in [1.82, 2.24) is 0 Å². The third kappa shape index (κ3) is 15.9. The Morgan fingerprint density at radius 3 is 0.926 bits per heavy atom. The summed E-state index contributed by atoms with van der Waals surface area (Å²) >= 11 is 0. The van der Waals surface area contributed by atoms with Crippen LogP contribution in [0.25, 0.3) is 16.9 Å². The monoisotopic (exact) mass is 737 g/mol. The van der Waals surface area contributed by atoms with Crippen molar-refractivity contribution < 1.29 is 4.70 Å². The molecule has 54 heavy (non-hydrogen) atoms. The highest BCUT2D eigenvalue weighted by Crippen LogP contribution is 2.45. The lowest BCUT2D eigenvalue weighted by Crippen LogP contribution is -2.05. The molecule has 2 aromatic rings. The Balaban J connectivity index is 2.10. The molecule has 2 aromatic carbocycles. The van der Waals surface area contributed by atoms with Crippen molar-refractivity contribution in [2.24, 2.45) is 0 Å². The van der Waals surface area contributed by atoms with Crippen LogP contribution in [0.3, 0.4) is 0 Å². The topological polar surface area (TPSA) is 25.3 Å². The van der Waals surface area contributed by atoms with Crippen LogP contribution in [0, 0.1) is 0 Å². The molecule has 0 unspecified atom stereocenters. The number of hydrogen-bond donors (Lipinski definition) is 0. The molecule has 302 valence electrons. The number of nitrogens with zero attached hydrogens (tertiary/aromatic N) is 2. The molecule has 0 saturated heterocycles. The molecular formula is C52H84N2. The fourth-order valence-electron chi connectivity index (χ4n) is 8.58. The summed E-state index contributed by atoms with van der Waals surface area (Å²) in [5.74, 6) is 0. The predicted molar refractivity (Wildman–Crippen MR) is 239 cm³/mol. The first kappa shape index (κ1) is 45.9. The fraction of sp³-hybridized carbons (Fsp3) is 0.692. The molecule has 0 atom stereocenters. The van der Waals surface area contributed by atoms with E-state index >= 15 is 0 Å². The highest BCUT2D eigenvalue weighted by Gasteiger charge is 2.35. The van der Waals surface area contributed by atoms with Gasteiger partial charge in [0.1, 0.15) is 0 Å². The minimum Gasteiger partial charge on any atom is -0.493 e. The minimum atomic E-state index is 1.03. The van der Waals surface area contributed by atoms with E-state index in [-0.39, 0.29) is 0 Å². The molecule has 1 heterocycles. The Morgan fingerprint density at radius 2 is 0.574 bits per heavy atom. The maximum Gasteiger partial charge on any atom is 0.211 e. The van der Waals surface area contributed by atoms with E-state index in [4.69, 9.17) is 0 Å². The van der Waals surface area contributed by atoms with Crippen LogP contribution in [0.15, 0.2) is 47.5 Å². The van der Waals surface area contributed by atoms with Gasteiger partial charge in [0.05, 0.1) is 0 Å². The molecule has 0 saturated carbocycles. The van der Waals surface area contributed by atoms with Crippen molar-refractivity contribution in [3.63, 3.8) is 0 Å². The first-order chi connectivity index (χ1) is 26.5. The van der Waals surface area contributed by atoms with Crippen LogP contribution in [-0.4, -0.2) is 4.70 Å². The first-order valence-corrected chi connectivity index (χ1v) is 23.7. The second-order valence-corrected chi connectivity index (χ2v) is 16.9. The molecule has 0 spiro atoms. The molecule has 0 aliphatic carbocycles. The third-order valence-corrected chi connectivity index (χ3v) is 11.8. The number of allylic oxidation sites excluding steroid dienone is 2. The van der Waals surface area contributed by atoms with Gasteiger partial charge >= 0.3 is 0 Å². The van der Waals surface area contributed by atoms with Gasteiger partial charge in [0.2, 0.25) is 11.4 Å². The summed E-state index contributed by atoms with van der Waals surface area (Å²) < 4.78 is 1.69. The van der Waals surface area contributed by atoms with E-state index in [1.165, 1.54) is 186 Å². The first-order valence-electron chi connectivity index (χ1n) is 23.7. The molecule has 1 aliphatic heterocycles. The molecule has 0 fully saturated rings. The molecule has 0 aromatic heterocycles. The zero-order chi connectivity index (χ0) is 38.8. The van der Waals surface area contributed by atoms with Crippen molar-refractivity contribution in [2.75, 3.05) is 0 Å². The quantitative estimate of drug-likeness (QED) is 0.0528. The number of hydrogen-bond acceptors (Lipinski definition) is 0. The van der Waals surface area contributed by atoms with Gasteiger partial charge in [-0.05, 0) is 124 Å². The largest absolute Gasteiger partial charge is 0.493 e. The molecule has 0 amide bonds. The Kier molecular flexibility index (Phi) is 23.8. The van der Waals surface area contributed by atoms with Gasteiger partial charge in [-0.3, -0.25) is 0 Å². The molecule has 0 radical (unpaired) electrons. The maximum atomic E-state index is 12.7. The van der Waals surface area contributed by atoms with Crippen molar-refractivity contribution in [3.8, 4) is 0 Å². The van der Waals surface area contributed by atoms with Crippen molar-refractivity contribution in [3.05, 3.63) is 86.5 Å². The Morgan fingerprint density at radius 1 is 0.315 bits per heavy atom. The highest BCUT2D eigenvalue weighted by atomic mass is 15.2. The average molecular weight is 737 g/mol. The second-order valence-electron chi connectivity index (χ2n) is 16.9. The van der Waals surface area contributed by atoms with Crippen LogP contribution in [-0.2, 0) is 25.7 Å². The molecule has 2 heteroatoms. The van der Waals surface area contributed by atoms with E-state index in [2.05, 4.69) is 77.9 Å². The molecule has 1 aliphatic rings. The number of unbranched alkanes of at least 4 members (excludes halogenated alkanes) is 18. The summed E-state index contributed by atoms with van der Waals surface area (Å²) in [5.41, 5.74) is 26.0. The van der Waals surface area contributed by atoms with E-state index in [1.54, 1.807) is 4.70 Å². The van der Waals surface area contributed by atoms with E-state index in [0.29, 0.717) is 0 Å². The van der Waals surface area contributed by atoms with Crippen molar-refractivity contribution in [1.29, 1.82) is 0 Å². The van der Waals surface area contributed by atoms with Gasteiger partial charge in [0, 0.05) is 22.3 Å². The van der Waals surface area contributed by atoms with E-state index in [0.717, 1.165) is 62.8 Å². The lowest BCUT2D eigenvalue weighted by molar-refractivity contribution is -0.345. The summed E-state index contributed by atoms with van der Waals surface area (Å²) in [7, 11) is 0. The van der Waals surface area contributed by atoms with Crippen LogP contribution in [0.5, 0.6) is 0 Å². The second kappa shape index (κ2) is 28.0. The van der Waals surface area contributed by atoms with Crippen LogP contribution in [0.2, 0.25) is 0 Å². The number of aryl methyl sites for hydroxylation is 4. The summed E-state index contributed by atoms with van der Waals surface area (Å²) in [5, 5.41) is 0. The van der Waals surface area contributed by atoms with Crippen molar-refractivity contribution >= 4 is 11.4 Å². The maximum absolute atomic E-state index is 12.7. The summed E-state index contributed by atoms with van der Waals surface area (Å²) in [6, 6.07) is 14.8. The standard InChI is InChI=1S/C52H84N2/c1-7-13-19-22-25-28-33-45-37-43(31-16-10-4)39-47(41-45)51-49(35-18-12-6)50(36-30-27-24-21-15-9-3)52(54(51)53)48-40-44(32-17-11-5)38-46(42-48)34-29-26-23-20-14-8-2/h37-42H,7-36H2,1-6H3. The van der Waals surface area contributed by atoms with Gasteiger partial charge in [-0.25, -0.2) is 4.70 Å². The smallest absolute Gasteiger partial charge is 0.211 e. The highest BCUT2D eigenvalue weighted by molar-refractivity contribution is 5.82. The number of rotatable bonds is 32. The van der Waals surface area contributed by atoms with Gasteiger partial charge in [0.15, 0.2) is 0 Å². The Labute approximate surface area is 335 Å². The van der Waals surface area contributed by atoms with Crippen LogP contribution in [0.4, 0.5) is 0 Å². The zero-order valence-electron chi connectivity index (χ0n) is 36.6. The van der Waals surface area contributed by atoms with E-state index < -0.39 is 0 Å². The van der Waals surface area contributed by atoms with E-state index in [1.807, 2.05) is 0 Å². The predicted octanol–water partition coefficient (Wildman–Crippen LogP) is 17.3. The summed E-state index contributed by atoms with van der Waals surface area (Å²) in [4.78, 5) is 0. The average Bonchev–Trinajstić information content (AvgIpc) is 3.46. The SMILES string of the molecule is CCCCCCCCC1=C(c2cc(CCCC)cc(CCCCCCCC)c2)[N+](=[N-])C(c2cc(CCCC)cc(CCCCCCCC)c2)=C1CCCC. The minimum absolute atomic E-state index is 1.03. The molecular weight excluding hydrogens is 653 g/mol. The summed E-state index contributed by atoms with van der Waals surface area (Å²) in [6.07, 6.45) is 37.3. The van der Waals surface area contributed by atoms with Gasteiger partial charge in [-0.15, -0.1) is 0 Å². The molecule has 0 N–H and O–H groups in total. The molecule has 0 bridgehead atoms. The normalized spacial score (nSPS) is 13.3. The van der Waals surface area contributed by atoms with Crippen molar-refractivity contribution in [2.45, 2.75) is 234 Å². The van der Waals surface area contributed by atoms with Gasteiger partial charge in [-0.1, -0.05) is 169 Å². The zero-order valence-corrected chi connectivity index (χ0v) is 36.6. The molecule has 3 rings (SSSR count). The van der Waals surface area contributed by atoms with Crippen LogP contribution in [0.1, 0.15) is 242 Å². The summed E-state index contributed by atoms with van der Waals surface area (Å²) in [6.45, 7) is 13.8. The van der Waals surface area contributed by atoms with Gasteiger partial charge in [-0.2, -0.15) is 0 Å². The molecule has 2 nitrogen and oxygen atoms in total. The fourth-order valence-corrected chi connectivity index (χ4v) is 8.58. The number of benzene rings is 2. The van der Waals surface area contributed by atoms with Gasteiger partial charge in [0.25, 0.3) is 0 Å². The van der Waals surface area contributed by atoms with Gasteiger partial charge < -0.3 is 5.53 Å². The lowest BCUT2D eigenvalue weighted by atomic mass is 9.89. The van der Waals surface area contributed by atoms with Crippen LogP contribution < -0.4 is 0 Å². The Hall–Kier alpha value is -2.48. The Bertz CT molecular complexity index is 1410. The lowest BCUT2D eigenvalue weighted by Gasteiger charge is -2.15. The van der Waals surface area contributed by atoms with E-state index in [9.17, 15) is 5.53 Å². The third-order valence-electron chi connectivity index (χ3n) is 11.8. The van der Waals surface area contributed by atoms with Crippen LogP contribution >= 0.6 is 0 Å².